The average Bonchev–Trinajstić information content (AvgIpc) is 2.61. The van der Waals surface area contributed by atoms with Gasteiger partial charge in [0.2, 0.25) is 10.0 Å². The van der Waals surface area contributed by atoms with Crippen molar-refractivity contribution in [2.45, 2.75) is 4.90 Å². The lowest BCUT2D eigenvalue weighted by molar-refractivity contribution is 0.0846. The van der Waals surface area contributed by atoms with Gasteiger partial charge in [0, 0.05) is 19.7 Å². The molecule has 2 amide bonds. The summed E-state index contributed by atoms with van der Waals surface area (Å²) in [7, 11) is -0.912. The average molecular weight is 416 g/mol. The standard InChI is InChI=1S/C16H15Cl2N3O4S/c1-21(2)26(24,25)11-6-3-5-10(9-11)15(22)19-20-16(23)12-7-4-8-13(17)14(12)18/h3-9H,1-2H3,(H,19,22)(H,20,23). The summed E-state index contributed by atoms with van der Waals surface area (Å²) in [4.78, 5) is 24.2. The minimum Gasteiger partial charge on any atom is -0.267 e. The van der Waals surface area contributed by atoms with E-state index in [0.717, 1.165) is 4.31 Å². The number of carbonyl (C=O) groups is 2. The number of nitrogens with zero attached hydrogens (tertiary/aromatic N) is 1. The molecule has 0 atom stereocenters. The van der Waals surface area contributed by atoms with Crippen LogP contribution in [0.2, 0.25) is 10.0 Å². The molecule has 2 rings (SSSR count). The summed E-state index contributed by atoms with van der Waals surface area (Å²) >= 11 is 11.8. The van der Waals surface area contributed by atoms with Gasteiger partial charge in [0.15, 0.2) is 0 Å². The van der Waals surface area contributed by atoms with E-state index < -0.39 is 21.8 Å². The molecule has 0 aromatic heterocycles. The molecule has 0 aliphatic heterocycles. The molecule has 0 aliphatic carbocycles. The monoisotopic (exact) mass is 415 g/mol. The maximum atomic E-state index is 12.2. The predicted molar refractivity (Wildman–Crippen MR) is 98.7 cm³/mol. The number of rotatable bonds is 4. The van der Waals surface area contributed by atoms with Gasteiger partial charge in [-0.1, -0.05) is 35.3 Å². The molecule has 7 nitrogen and oxygen atoms in total. The highest BCUT2D eigenvalue weighted by Gasteiger charge is 2.19. The molecule has 2 aromatic rings. The maximum absolute atomic E-state index is 12.2. The normalized spacial score (nSPS) is 11.3. The van der Waals surface area contributed by atoms with E-state index >= 15 is 0 Å². The van der Waals surface area contributed by atoms with E-state index in [1.54, 1.807) is 6.07 Å². The zero-order valence-electron chi connectivity index (χ0n) is 13.8. The molecule has 0 spiro atoms. The van der Waals surface area contributed by atoms with Crippen molar-refractivity contribution in [3.8, 4) is 0 Å². The molecule has 10 heteroatoms. The predicted octanol–water partition coefficient (Wildman–Crippen LogP) is 2.32. The van der Waals surface area contributed by atoms with Gasteiger partial charge < -0.3 is 0 Å². The van der Waals surface area contributed by atoms with Gasteiger partial charge in [-0.3, -0.25) is 20.4 Å². The van der Waals surface area contributed by atoms with Gasteiger partial charge in [-0.05, 0) is 30.3 Å². The second-order valence-electron chi connectivity index (χ2n) is 5.32. The van der Waals surface area contributed by atoms with E-state index in [4.69, 9.17) is 23.2 Å². The Morgan fingerprint density at radius 3 is 2.23 bits per heavy atom. The molecule has 0 fully saturated rings. The van der Waals surface area contributed by atoms with Crippen LogP contribution < -0.4 is 10.9 Å². The van der Waals surface area contributed by atoms with E-state index in [-0.39, 0.29) is 26.1 Å². The summed E-state index contributed by atoms with van der Waals surface area (Å²) in [6, 6.07) is 9.94. The summed E-state index contributed by atoms with van der Waals surface area (Å²) in [5.41, 5.74) is 4.56. The third-order valence-electron chi connectivity index (χ3n) is 3.36. The SMILES string of the molecule is CN(C)S(=O)(=O)c1cccc(C(=O)NNC(=O)c2cccc(Cl)c2Cl)c1. The summed E-state index contributed by atoms with van der Waals surface area (Å²) in [6.07, 6.45) is 0. The van der Waals surface area contributed by atoms with Crippen LogP contribution in [0.1, 0.15) is 20.7 Å². The Morgan fingerprint density at radius 2 is 1.58 bits per heavy atom. The van der Waals surface area contributed by atoms with E-state index in [9.17, 15) is 18.0 Å². The summed E-state index contributed by atoms with van der Waals surface area (Å²) in [5, 5.41) is 0.257. The smallest absolute Gasteiger partial charge is 0.267 e. The zero-order valence-corrected chi connectivity index (χ0v) is 16.1. The first-order valence-corrected chi connectivity index (χ1v) is 9.41. The summed E-state index contributed by atoms with van der Waals surface area (Å²) < 4.78 is 25.3. The lowest BCUT2D eigenvalue weighted by Crippen LogP contribution is -2.41. The second-order valence-corrected chi connectivity index (χ2v) is 8.26. The van der Waals surface area contributed by atoms with Crippen molar-refractivity contribution < 1.29 is 18.0 Å². The molecule has 138 valence electrons. The number of carbonyl (C=O) groups excluding carboxylic acids is 2. The largest absolute Gasteiger partial charge is 0.271 e. The third kappa shape index (κ3) is 4.34. The minimum atomic E-state index is -3.68. The Kier molecular flexibility index (Phi) is 6.25. The molecule has 2 aromatic carbocycles. The van der Waals surface area contributed by atoms with Crippen LogP contribution in [0.3, 0.4) is 0 Å². The fraction of sp³-hybridized carbons (Fsp3) is 0.125. The van der Waals surface area contributed by atoms with Crippen LogP contribution in [0.15, 0.2) is 47.4 Å². The molecule has 0 bridgehead atoms. The van der Waals surface area contributed by atoms with E-state index in [2.05, 4.69) is 10.9 Å². The zero-order chi connectivity index (χ0) is 19.5. The number of amides is 2. The minimum absolute atomic E-state index is 0.0423. The maximum Gasteiger partial charge on any atom is 0.271 e. The Bertz CT molecular complexity index is 962. The topological polar surface area (TPSA) is 95.6 Å². The van der Waals surface area contributed by atoms with Crippen molar-refractivity contribution in [1.82, 2.24) is 15.2 Å². The first kappa shape index (κ1) is 20.2. The summed E-state index contributed by atoms with van der Waals surface area (Å²) in [6.45, 7) is 0. The molecule has 0 aliphatic rings. The quantitative estimate of drug-likeness (QED) is 0.748. The van der Waals surface area contributed by atoms with E-state index in [1.165, 1.54) is 50.5 Å². The van der Waals surface area contributed by atoms with Crippen LogP contribution in [0.4, 0.5) is 0 Å². The van der Waals surface area contributed by atoms with Crippen LogP contribution in [0.5, 0.6) is 0 Å². The van der Waals surface area contributed by atoms with Crippen molar-refractivity contribution in [2.24, 2.45) is 0 Å². The van der Waals surface area contributed by atoms with Crippen molar-refractivity contribution in [3.05, 3.63) is 63.6 Å². The Labute approximate surface area is 160 Å². The number of hydrazine groups is 1. The fourth-order valence-corrected chi connectivity index (χ4v) is 3.28. The van der Waals surface area contributed by atoms with Gasteiger partial charge in [-0.25, -0.2) is 12.7 Å². The van der Waals surface area contributed by atoms with Crippen molar-refractivity contribution in [2.75, 3.05) is 14.1 Å². The highest BCUT2D eigenvalue weighted by molar-refractivity contribution is 7.89. The highest BCUT2D eigenvalue weighted by Crippen LogP contribution is 2.25. The van der Waals surface area contributed by atoms with Crippen LogP contribution >= 0.6 is 23.2 Å². The van der Waals surface area contributed by atoms with Crippen molar-refractivity contribution >= 4 is 45.0 Å². The first-order valence-electron chi connectivity index (χ1n) is 7.22. The second kappa shape index (κ2) is 8.05. The van der Waals surface area contributed by atoms with Crippen LogP contribution in [-0.4, -0.2) is 38.6 Å². The highest BCUT2D eigenvalue weighted by atomic mass is 35.5. The Balaban J connectivity index is 2.14. The Hall–Kier alpha value is -2.13. The van der Waals surface area contributed by atoms with Gasteiger partial charge in [-0.15, -0.1) is 0 Å². The Morgan fingerprint density at radius 1 is 0.962 bits per heavy atom. The lowest BCUT2D eigenvalue weighted by atomic mass is 10.2. The molecule has 2 N–H and O–H groups in total. The van der Waals surface area contributed by atoms with Gasteiger partial charge >= 0.3 is 0 Å². The van der Waals surface area contributed by atoms with Crippen molar-refractivity contribution in [3.63, 3.8) is 0 Å². The van der Waals surface area contributed by atoms with Crippen LogP contribution in [0, 0.1) is 0 Å². The first-order chi connectivity index (χ1) is 12.1. The van der Waals surface area contributed by atoms with Crippen molar-refractivity contribution in [1.29, 1.82) is 0 Å². The van der Waals surface area contributed by atoms with E-state index in [0.29, 0.717) is 0 Å². The molecule has 0 unspecified atom stereocenters. The van der Waals surface area contributed by atoms with Gasteiger partial charge in [-0.2, -0.15) is 0 Å². The van der Waals surface area contributed by atoms with Crippen LogP contribution in [-0.2, 0) is 10.0 Å². The number of benzene rings is 2. The molecule has 0 heterocycles. The van der Waals surface area contributed by atoms with E-state index in [1.807, 2.05) is 0 Å². The van der Waals surface area contributed by atoms with Gasteiger partial charge in [0.05, 0.1) is 20.5 Å². The van der Waals surface area contributed by atoms with Gasteiger partial charge in [0.25, 0.3) is 11.8 Å². The number of halogens is 2. The number of nitrogens with one attached hydrogen (secondary N) is 2. The van der Waals surface area contributed by atoms with Crippen LogP contribution in [0.25, 0.3) is 0 Å². The molecule has 0 saturated heterocycles. The molecule has 0 radical (unpaired) electrons. The number of sulfonamides is 1. The summed E-state index contributed by atoms with van der Waals surface area (Å²) in [5.74, 6) is -1.35. The molecular weight excluding hydrogens is 401 g/mol. The molecule has 26 heavy (non-hydrogen) atoms. The number of hydrogen-bond donors (Lipinski definition) is 2. The lowest BCUT2D eigenvalue weighted by Gasteiger charge is -2.13. The third-order valence-corrected chi connectivity index (χ3v) is 5.99. The molecule has 0 saturated carbocycles. The molecular formula is C16H15Cl2N3O4S. The van der Waals surface area contributed by atoms with Gasteiger partial charge in [0.1, 0.15) is 0 Å². The fourth-order valence-electron chi connectivity index (χ4n) is 1.94. The number of hydrogen-bond acceptors (Lipinski definition) is 4.